The molecule has 38 heavy (non-hydrogen) atoms. The standard InChI is InChI=1S/C30H44N4O3.ClH/c1-3-23(4-2)30(37)34-19-11-14-27(34)29(36)33-26(28(35)32-18-10-6-5-9-17-31)21-22-15-16-24-12-7-8-13-25(24)20-22;/h7-8,12-13,15-16,20,23,26-27H,3-6,9-11,14,17-19,21,31H2,1-2H3,(H,32,35)(H,33,36);1H/t26-,27?;/m1./s1. The van der Waals surface area contributed by atoms with Crippen molar-refractivity contribution < 1.29 is 14.4 Å². The molecule has 4 N–H and O–H groups in total. The molecule has 1 fully saturated rings. The number of hydrogen-bond donors (Lipinski definition) is 3. The van der Waals surface area contributed by atoms with Gasteiger partial charge in [-0.15, -0.1) is 12.4 Å². The van der Waals surface area contributed by atoms with Crippen LogP contribution in [0.25, 0.3) is 10.8 Å². The van der Waals surface area contributed by atoms with Gasteiger partial charge in [-0.25, -0.2) is 0 Å². The largest absolute Gasteiger partial charge is 0.354 e. The summed E-state index contributed by atoms with van der Waals surface area (Å²) in [5.74, 6) is -0.433. The van der Waals surface area contributed by atoms with Crippen molar-refractivity contribution in [3.05, 3.63) is 48.0 Å². The molecule has 0 spiro atoms. The van der Waals surface area contributed by atoms with Crippen molar-refractivity contribution >= 4 is 40.9 Å². The number of unbranched alkanes of at least 4 members (excludes halogenated alkanes) is 3. The second-order valence-electron chi connectivity index (χ2n) is 10.1. The Bertz CT molecular complexity index is 1040. The quantitative estimate of drug-likeness (QED) is 0.307. The van der Waals surface area contributed by atoms with Gasteiger partial charge < -0.3 is 21.3 Å². The van der Waals surface area contributed by atoms with E-state index in [1.807, 2.05) is 44.2 Å². The maximum Gasteiger partial charge on any atom is 0.243 e. The molecule has 0 saturated carbocycles. The van der Waals surface area contributed by atoms with E-state index in [9.17, 15) is 14.4 Å². The van der Waals surface area contributed by atoms with Crippen LogP contribution < -0.4 is 16.4 Å². The monoisotopic (exact) mass is 544 g/mol. The Labute approximate surface area is 233 Å². The molecule has 2 atom stereocenters. The van der Waals surface area contributed by atoms with E-state index in [1.165, 1.54) is 0 Å². The minimum atomic E-state index is -0.705. The SMILES string of the molecule is CCC(CC)C(=O)N1CCCC1C(=O)N[C@H](Cc1ccc2ccccc2c1)C(=O)NCCCCCCN.Cl. The van der Waals surface area contributed by atoms with Crippen LogP contribution in [-0.4, -0.2) is 54.3 Å². The van der Waals surface area contributed by atoms with Crippen molar-refractivity contribution in [2.24, 2.45) is 11.7 Å². The van der Waals surface area contributed by atoms with E-state index >= 15 is 0 Å². The van der Waals surface area contributed by atoms with Gasteiger partial charge in [-0.3, -0.25) is 14.4 Å². The zero-order chi connectivity index (χ0) is 26.6. The number of amides is 3. The summed E-state index contributed by atoms with van der Waals surface area (Å²) in [5, 5.41) is 8.27. The number of nitrogens with zero attached hydrogens (tertiary/aromatic N) is 1. The summed E-state index contributed by atoms with van der Waals surface area (Å²) in [6, 6.07) is 13.0. The topological polar surface area (TPSA) is 105 Å². The van der Waals surface area contributed by atoms with Crippen LogP contribution in [0.1, 0.15) is 70.8 Å². The van der Waals surface area contributed by atoms with Crippen molar-refractivity contribution in [1.29, 1.82) is 0 Å². The van der Waals surface area contributed by atoms with E-state index in [1.54, 1.807) is 4.90 Å². The maximum atomic E-state index is 13.4. The van der Waals surface area contributed by atoms with Gasteiger partial charge in [0.1, 0.15) is 12.1 Å². The van der Waals surface area contributed by atoms with Crippen LogP contribution in [0.4, 0.5) is 0 Å². The molecular formula is C30H45ClN4O3. The van der Waals surface area contributed by atoms with Crippen LogP contribution in [0.3, 0.4) is 0 Å². The van der Waals surface area contributed by atoms with Crippen molar-refractivity contribution in [2.45, 2.75) is 83.7 Å². The molecular weight excluding hydrogens is 500 g/mol. The lowest BCUT2D eigenvalue weighted by Crippen LogP contribution is -2.54. The van der Waals surface area contributed by atoms with E-state index in [-0.39, 0.29) is 36.0 Å². The van der Waals surface area contributed by atoms with Crippen LogP contribution in [-0.2, 0) is 20.8 Å². The second-order valence-corrected chi connectivity index (χ2v) is 10.1. The molecule has 0 bridgehead atoms. The number of carbonyl (C=O) groups excluding carboxylic acids is 3. The highest BCUT2D eigenvalue weighted by Gasteiger charge is 2.37. The highest BCUT2D eigenvalue weighted by molar-refractivity contribution is 5.93. The van der Waals surface area contributed by atoms with Crippen LogP contribution in [0.2, 0.25) is 0 Å². The van der Waals surface area contributed by atoms with Gasteiger partial charge in [0.05, 0.1) is 0 Å². The summed E-state index contributed by atoms with van der Waals surface area (Å²) in [6.45, 7) is 5.87. The Morgan fingerprint density at radius 1 is 1.00 bits per heavy atom. The Balaban J connectivity index is 0.00000507. The van der Waals surface area contributed by atoms with Gasteiger partial charge in [0.2, 0.25) is 17.7 Å². The fourth-order valence-electron chi connectivity index (χ4n) is 5.21. The summed E-state index contributed by atoms with van der Waals surface area (Å²) < 4.78 is 0. The van der Waals surface area contributed by atoms with Crippen LogP contribution >= 0.6 is 12.4 Å². The first-order valence-electron chi connectivity index (χ1n) is 14.0. The predicted octanol–water partition coefficient (Wildman–Crippen LogP) is 4.35. The Morgan fingerprint density at radius 2 is 1.71 bits per heavy atom. The summed E-state index contributed by atoms with van der Waals surface area (Å²) >= 11 is 0. The van der Waals surface area contributed by atoms with Crippen LogP contribution in [0.5, 0.6) is 0 Å². The van der Waals surface area contributed by atoms with Gasteiger partial charge in [0.15, 0.2) is 0 Å². The fourth-order valence-corrected chi connectivity index (χ4v) is 5.21. The number of hydrogen-bond acceptors (Lipinski definition) is 4. The predicted molar refractivity (Wildman–Crippen MR) is 156 cm³/mol. The zero-order valence-electron chi connectivity index (χ0n) is 22.9. The average Bonchev–Trinajstić information content (AvgIpc) is 3.41. The highest BCUT2D eigenvalue weighted by Crippen LogP contribution is 2.23. The first kappa shape index (κ1) is 31.6. The van der Waals surface area contributed by atoms with Gasteiger partial charge in [0, 0.05) is 25.4 Å². The highest BCUT2D eigenvalue weighted by atomic mass is 35.5. The molecule has 0 aromatic heterocycles. The lowest BCUT2D eigenvalue weighted by molar-refractivity contribution is -0.142. The molecule has 1 saturated heterocycles. The van der Waals surface area contributed by atoms with Gasteiger partial charge >= 0.3 is 0 Å². The Hall–Kier alpha value is -2.64. The maximum absolute atomic E-state index is 13.4. The number of nitrogens with one attached hydrogen (secondary N) is 2. The lowest BCUT2D eigenvalue weighted by atomic mass is 10.00. The van der Waals surface area contributed by atoms with Crippen molar-refractivity contribution in [3.8, 4) is 0 Å². The fraction of sp³-hybridized carbons (Fsp3) is 0.567. The van der Waals surface area contributed by atoms with E-state index in [0.717, 1.165) is 61.3 Å². The second kappa shape index (κ2) is 16.4. The number of rotatable bonds is 14. The van der Waals surface area contributed by atoms with Gasteiger partial charge in [-0.05, 0) is 61.4 Å². The Kier molecular flexibility index (Phi) is 13.6. The molecule has 1 heterocycles. The molecule has 0 aliphatic carbocycles. The minimum Gasteiger partial charge on any atom is -0.354 e. The summed E-state index contributed by atoms with van der Waals surface area (Å²) in [5.41, 5.74) is 6.55. The van der Waals surface area contributed by atoms with Crippen LogP contribution in [0.15, 0.2) is 42.5 Å². The third-order valence-corrected chi connectivity index (χ3v) is 7.49. The molecule has 3 amide bonds. The van der Waals surface area contributed by atoms with Crippen molar-refractivity contribution in [2.75, 3.05) is 19.6 Å². The van der Waals surface area contributed by atoms with E-state index in [4.69, 9.17) is 5.73 Å². The normalized spacial score (nSPS) is 15.8. The van der Waals surface area contributed by atoms with E-state index in [2.05, 4.69) is 22.8 Å². The van der Waals surface area contributed by atoms with Crippen molar-refractivity contribution in [1.82, 2.24) is 15.5 Å². The van der Waals surface area contributed by atoms with Crippen LogP contribution in [0, 0.1) is 5.92 Å². The number of fused-ring (bicyclic) bond motifs is 1. The molecule has 2 aromatic rings. The molecule has 8 heteroatoms. The number of likely N-dealkylation sites (tertiary alicyclic amines) is 1. The van der Waals surface area contributed by atoms with Gasteiger partial charge in [0.25, 0.3) is 0 Å². The number of halogens is 1. The molecule has 2 aromatic carbocycles. The molecule has 1 unspecified atom stereocenters. The third-order valence-electron chi connectivity index (χ3n) is 7.49. The number of carbonyl (C=O) groups is 3. The summed E-state index contributed by atoms with van der Waals surface area (Å²) in [7, 11) is 0. The van der Waals surface area contributed by atoms with E-state index in [0.29, 0.717) is 32.5 Å². The number of nitrogens with two attached hydrogens (primary N) is 1. The van der Waals surface area contributed by atoms with Crippen molar-refractivity contribution in [3.63, 3.8) is 0 Å². The smallest absolute Gasteiger partial charge is 0.243 e. The number of benzene rings is 2. The molecule has 3 rings (SSSR count). The first-order chi connectivity index (χ1) is 18.0. The van der Waals surface area contributed by atoms with Gasteiger partial charge in [-0.2, -0.15) is 0 Å². The molecule has 0 radical (unpaired) electrons. The van der Waals surface area contributed by atoms with E-state index < -0.39 is 12.1 Å². The summed E-state index contributed by atoms with van der Waals surface area (Å²) in [6.07, 6.45) is 7.27. The average molecular weight is 545 g/mol. The molecule has 210 valence electrons. The molecule has 1 aliphatic heterocycles. The molecule has 7 nitrogen and oxygen atoms in total. The molecule has 1 aliphatic rings. The summed E-state index contributed by atoms with van der Waals surface area (Å²) in [4.78, 5) is 41.5. The van der Waals surface area contributed by atoms with Gasteiger partial charge in [-0.1, -0.05) is 69.2 Å². The minimum absolute atomic E-state index is 0. The lowest BCUT2D eigenvalue weighted by Gasteiger charge is -2.29. The first-order valence-corrected chi connectivity index (χ1v) is 14.0. The third kappa shape index (κ3) is 8.70. The Morgan fingerprint density at radius 3 is 2.42 bits per heavy atom. The zero-order valence-corrected chi connectivity index (χ0v) is 23.7.